The number of hydrogen-bond acceptors (Lipinski definition) is 4. The molecule has 0 bridgehead atoms. The minimum absolute atomic E-state index is 0.130. The van der Waals surface area contributed by atoms with Gasteiger partial charge < -0.3 is 25.2 Å². The molecule has 10 heteroatoms. The second-order valence-electron chi connectivity index (χ2n) is 10.9. The highest BCUT2D eigenvalue weighted by Crippen LogP contribution is 2.38. The Hall–Kier alpha value is -3.43. The van der Waals surface area contributed by atoms with E-state index in [0.717, 1.165) is 29.1 Å². The summed E-state index contributed by atoms with van der Waals surface area (Å²) in [5.41, 5.74) is 3.86. The van der Waals surface area contributed by atoms with Crippen molar-refractivity contribution in [3.05, 3.63) is 65.7 Å². The summed E-state index contributed by atoms with van der Waals surface area (Å²) in [6.45, 7) is 7.08. The molecule has 0 aliphatic carbocycles. The first-order valence-electron chi connectivity index (χ1n) is 13.8. The van der Waals surface area contributed by atoms with Crippen LogP contribution in [0.15, 0.2) is 60.1 Å². The van der Waals surface area contributed by atoms with Crippen LogP contribution in [0.5, 0.6) is 5.75 Å². The van der Waals surface area contributed by atoms with Crippen LogP contribution in [-0.4, -0.2) is 53.4 Å². The van der Waals surface area contributed by atoms with E-state index in [2.05, 4.69) is 29.7 Å². The van der Waals surface area contributed by atoms with Crippen LogP contribution in [0.25, 0.3) is 5.70 Å². The molecule has 1 aromatic rings. The number of fused-ring (bicyclic) bond motifs is 1. The number of alkyl halides is 4. The topological polar surface area (TPSA) is 56.8 Å². The fourth-order valence-electron chi connectivity index (χ4n) is 4.80. The minimum Gasteiger partial charge on any atom is -0.491 e. The maximum absolute atomic E-state index is 13.7. The number of ether oxygens (including phenoxy) is 1. The molecule has 0 spiro atoms. The predicted molar refractivity (Wildman–Crippen MR) is 149 cm³/mol. The van der Waals surface area contributed by atoms with Gasteiger partial charge >= 0.3 is 6.03 Å². The molecule has 2 amide bonds. The van der Waals surface area contributed by atoms with Crippen molar-refractivity contribution in [2.75, 3.05) is 25.0 Å². The van der Waals surface area contributed by atoms with Gasteiger partial charge in [-0.15, -0.1) is 0 Å². The smallest absolute Gasteiger partial charge is 0.319 e. The lowest BCUT2D eigenvalue weighted by Crippen LogP contribution is -2.39. The van der Waals surface area contributed by atoms with Gasteiger partial charge in [-0.05, 0) is 50.5 Å². The van der Waals surface area contributed by atoms with Crippen molar-refractivity contribution < 1.29 is 27.1 Å². The molecule has 218 valence electrons. The number of rotatable bonds is 8. The Morgan fingerprint density at radius 2 is 1.90 bits per heavy atom. The fraction of sp³-hybridized carbons (Fsp3) is 0.500. The molecule has 3 aliphatic heterocycles. The number of benzene rings is 1. The number of halogens is 4. The first-order chi connectivity index (χ1) is 18.8. The Morgan fingerprint density at radius 1 is 1.18 bits per heavy atom. The number of likely N-dealkylation sites (tertiary alicyclic amines) is 1. The molecule has 0 saturated carbocycles. The van der Waals surface area contributed by atoms with Gasteiger partial charge in [0.15, 0.2) is 0 Å². The van der Waals surface area contributed by atoms with Crippen molar-refractivity contribution in [2.45, 2.75) is 71.3 Å². The zero-order chi connectivity index (χ0) is 29.1. The van der Waals surface area contributed by atoms with Gasteiger partial charge in [0.2, 0.25) is 0 Å². The summed E-state index contributed by atoms with van der Waals surface area (Å²) in [5.74, 6) is -4.89. The van der Waals surface area contributed by atoms with Crippen molar-refractivity contribution in [1.29, 1.82) is 0 Å². The number of amides is 2. The second kappa shape index (κ2) is 12.0. The Balaban J connectivity index is 1.60. The Bertz CT molecular complexity index is 1210. The lowest BCUT2D eigenvalue weighted by Gasteiger charge is -2.36. The summed E-state index contributed by atoms with van der Waals surface area (Å²) in [5, 5.41) is 4.91. The molecule has 1 fully saturated rings. The van der Waals surface area contributed by atoms with Crippen LogP contribution in [0.3, 0.4) is 0 Å². The lowest BCUT2D eigenvalue weighted by atomic mass is 10.0. The monoisotopic (exact) mass is 562 g/mol. The van der Waals surface area contributed by atoms with Crippen LogP contribution < -0.4 is 15.4 Å². The van der Waals surface area contributed by atoms with Crippen LogP contribution in [0.2, 0.25) is 0 Å². The van der Waals surface area contributed by atoms with Crippen LogP contribution in [0, 0.1) is 5.92 Å². The molecule has 3 aliphatic rings. The van der Waals surface area contributed by atoms with Crippen molar-refractivity contribution in [2.24, 2.45) is 5.92 Å². The van der Waals surface area contributed by atoms with Crippen molar-refractivity contribution in [3.8, 4) is 5.75 Å². The summed E-state index contributed by atoms with van der Waals surface area (Å²) in [6, 6.07) is 4.60. The van der Waals surface area contributed by atoms with Gasteiger partial charge in [-0.1, -0.05) is 26.0 Å². The van der Waals surface area contributed by atoms with E-state index < -0.39 is 24.4 Å². The van der Waals surface area contributed by atoms with Crippen molar-refractivity contribution in [1.82, 2.24) is 15.1 Å². The van der Waals surface area contributed by atoms with Crippen LogP contribution in [-0.2, 0) is 0 Å². The lowest BCUT2D eigenvalue weighted by molar-refractivity contribution is -0.0484. The maximum atomic E-state index is 13.7. The standard InChI is InChI=1S/C30H38F4N4O2/c1-5-29(31,32)19-35-28(39)36-23-15-22(16-26(17-23)40-20(2)3)27-14-21(4)6-7-25-18-24(8-11-38(25)27)37-12-9-30(33,34)10-13-37/h7-8,11,14-18,20-21H,5-6,9-10,12-13,19H2,1-4H3,(H2,35,36,39). The van der Waals surface area contributed by atoms with Gasteiger partial charge in [0.05, 0.1) is 12.6 Å². The average Bonchev–Trinajstić information content (AvgIpc) is 3.05. The molecule has 3 heterocycles. The number of anilines is 1. The molecule has 6 nitrogen and oxygen atoms in total. The predicted octanol–water partition coefficient (Wildman–Crippen LogP) is 7.35. The molecule has 40 heavy (non-hydrogen) atoms. The summed E-state index contributed by atoms with van der Waals surface area (Å²) in [4.78, 5) is 16.5. The zero-order valence-electron chi connectivity index (χ0n) is 23.4. The summed E-state index contributed by atoms with van der Waals surface area (Å²) < 4.78 is 60.7. The van der Waals surface area contributed by atoms with E-state index in [1.165, 1.54) is 6.92 Å². The highest BCUT2D eigenvalue weighted by molar-refractivity contribution is 5.90. The van der Waals surface area contributed by atoms with Crippen molar-refractivity contribution in [3.63, 3.8) is 0 Å². The number of nitrogens with one attached hydrogen (secondary N) is 2. The highest BCUT2D eigenvalue weighted by Gasteiger charge is 2.35. The molecule has 1 saturated heterocycles. The molecule has 2 N–H and O–H groups in total. The maximum Gasteiger partial charge on any atom is 0.319 e. The van der Waals surface area contributed by atoms with Crippen LogP contribution in [0.4, 0.5) is 28.0 Å². The third-order valence-corrected chi connectivity index (χ3v) is 7.09. The number of carbonyl (C=O) groups is 1. The van der Waals surface area contributed by atoms with Gasteiger partial charge in [0.1, 0.15) is 5.75 Å². The SMILES string of the molecule is CCC(F)(F)CNC(=O)Nc1cc(OC(C)C)cc(C2=CC(C)CC=C3C=C(N4CCC(F)(F)CC4)C=CN32)c1. The number of hydrogen-bond donors (Lipinski definition) is 2. The minimum atomic E-state index is -2.99. The Morgan fingerprint density at radius 3 is 2.58 bits per heavy atom. The number of carbonyl (C=O) groups excluding carboxylic acids is 1. The zero-order valence-corrected chi connectivity index (χ0v) is 23.4. The van der Waals surface area contributed by atoms with E-state index >= 15 is 0 Å². The quantitative estimate of drug-likeness (QED) is 0.325. The van der Waals surface area contributed by atoms with Gasteiger partial charge in [-0.2, -0.15) is 0 Å². The molecule has 0 radical (unpaired) electrons. The Labute approximate surface area is 233 Å². The largest absolute Gasteiger partial charge is 0.491 e. The molecular weight excluding hydrogens is 524 g/mol. The average molecular weight is 563 g/mol. The van der Waals surface area contributed by atoms with E-state index in [1.807, 2.05) is 48.1 Å². The van der Waals surface area contributed by atoms with E-state index in [-0.39, 0.29) is 31.3 Å². The molecule has 1 aromatic carbocycles. The van der Waals surface area contributed by atoms with E-state index in [1.54, 1.807) is 12.1 Å². The van der Waals surface area contributed by atoms with Crippen LogP contribution in [0.1, 0.15) is 58.9 Å². The molecular formula is C30H38F4N4O2. The van der Waals surface area contributed by atoms with Gasteiger partial charge in [-0.3, -0.25) is 0 Å². The van der Waals surface area contributed by atoms with E-state index in [9.17, 15) is 22.4 Å². The van der Waals surface area contributed by atoms with Crippen LogP contribution >= 0.6 is 0 Å². The second-order valence-corrected chi connectivity index (χ2v) is 10.9. The van der Waals surface area contributed by atoms with Gasteiger partial charge in [0.25, 0.3) is 11.8 Å². The third-order valence-electron chi connectivity index (χ3n) is 7.09. The summed E-state index contributed by atoms with van der Waals surface area (Å²) in [6.07, 6.45) is 10.1. The third kappa shape index (κ3) is 7.61. The number of urea groups is 1. The molecule has 0 aromatic heterocycles. The Kier molecular flexibility index (Phi) is 8.85. The van der Waals surface area contributed by atoms with E-state index in [0.29, 0.717) is 24.5 Å². The summed E-state index contributed by atoms with van der Waals surface area (Å²) >= 11 is 0. The van der Waals surface area contributed by atoms with Gasteiger partial charge in [-0.25, -0.2) is 22.4 Å². The molecule has 1 unspecified atom stereocenters. The van der Waals surface area contributed by atoms with E-state index in [4.69, 9.17) is 4.74 Å². The first kappa shape index (κ1) is 29.6. The summed E-state index contributed by atoms with van der Waals surface area (Å²) in [7, 11) is 0. The first-order valence-corrected chi connectivity index (χ1v) is 13.8. The number of nitrogens with zero attached hydrogens (tertiary/aromatic N) is 2. The molecule has 1 atom stereocenters. The number of allylic oxidation sites excluding steroid dienone is 4. The highest BCUT2D eigenvalue weighted by atomic mass is 19.3. The number of piperidine rings is 1. The van der Waals surface area contributed by atoms with Crippen molar-refractivity contribution >= 4 is 17.4 Å². The fourth-order valence-corrected chi connectivity index (χ4v) is 4.80. The van der Waals surface area contributed by atoms with Gasteiger partial charge in [0, 0.05) is 73.0 Å². The normalized spacial score (nSPS) is 20.7. The molecule has 4 rings (SSSR count).